The molecule has 0 saturated heterocycles. The number of esters is 2. The monoisotopic (exact) mass is 845 g/mol. The van der Waals surface area contributed by atoms with Gasteiger partial charge in [0.25, 0.3) is 0 Å². The topological polar surface area (TPSA) is 99.1 Å². The fourth-order valence-electron chi connectivity index (χ4n) is 7.20. The van der Waals surface area contributed by atoms with Gasteiger partial charge in [-0.1, -0.05) is 184 Å². The van der Waals surface area contributed by atoms with Gasteiger partial charge in [0.15, 0.2) is 12.1 Å². The summed E-state index contributed by atoms with van der Waals surface area (Å²) in [6.07, 6.45) is 51.6. The number of carbonyl (C=O) groups is 3. The first kappa shape index (κ1) is 57.3. The average molecular weight is 845 g/mol. The van der Waals surface area contributed by atoms with Gasteiger partial charge in [-0.05, 0) is 57.8 Å². The molecule has 60 heavy (non-hydrogen) atoms. The van der Waals surface area contributed by atoms with Gasteiger partial charge in [0.05, 0.1) is 34.4 Å². The molecule has 0 fully saturated rings. The number of aliphatic carboxylic acids is 1. The van der Waals surface area contributed by atoms with Crippen LogP contribution in [-0.4, -0.2) is 80.6 Å². The molecule has 1 N–H and O–H groups in total. The quantitative estimate of drug-likeness (QED) is 0.0214. The van der Waals surface area contributed by atoms with Crippen LogP contribution >= 0.6 is 0 Å². The number of carbonyl (C=O) groups excluding carboxylic acids is 2. The Morgan fingerprint density at radius 3 is 1.42 bits per heavy atom. The molecule has 0 bridgehead atoms. The third-order valence-corrected chi connectivity index (χ3v) is 11.0. The predicted molar refractivity (Wildman–Crippen MR) is 252 cm³/mol. The molecule has 348 valence electrons. The van der Waals surface area contributed by atoms with Crippen LogP contribution in [0.25, 0.3) is 0 Å². The molecule has 0 amide bonds. The Morgan fingerprint density at radius 1 is 0.517 bits per heavy atom. The van der Waals surface area contributed by atoms with Gasteiger partial charge in [0.1, 0.15) is 6.61 Å². The fourth-order valence-corrected chi connectivity index (χ4v) is 7.20. The van der Waals surface area contributed by atoms with Crippen molar-refractivity contribution in [1.29, 1.82) is 0 Å². The van der Waals surface area contributed by atoms with Gasteiger partial charge < -0.3 is 23.8 Å². The highest BCUT2D eigenvalue weighted by Gasteiger charge is 2.31. The number of rotatable bonds is 44. The second-order valence-corrected chi connectivity index (χ2v) is 17.7. The first-order valence-corrected chi connectivity index (χ1v) is 24.7. The van der Waals surface area contributed by atoms with Crippen molar-refractivity contribution in [2.24, 2.45) is 0 Å². The van der Waals surface area contributed by atoms with Crippen LogP contribution in [0.2, 0.25) is 0 Å². The van der Waals surface area contributed by atoms with Crippen molar-refractivity contribution in [2.45, 2.75) is 225 Å². The highest BCUT2D eigenvalue weighted by atomic mass is 16.6. The van der Waals surface area contributed by atoms with Crippen molar-refractivity contribution in [1.82, 2.24) is 0 Å². The van der Waals surface area contributed by atoms with E-state index in [1.807, 2.05) is 21.1 Å². The number of hydrogen-bond acceptors (Lipinski definition) is 6. The minimum absolute atomic E-state index is 0.0554. The zero-order valence-electron chi connectivity index (χ0n) is 39.7. The first-order valence-electron chi connectivity index (χ1n) is 24.7. The molecule has 0 aliphatic heterocycles. The van der Waals surface area contributed by atoms with Crippen LogP contribution in [0.15, 0.2) is 48.6 Å². The number of ether oxygens (including phenoxy) is 3. The molecule has 8 heteroatoms. The largest absolute Gasteiger partial charge is 0.477 e. The molecule has 0 saturated carbocycles. The summed E-state index contributed by atoms with van der Waals surface area (Å²) in [7, 11) is 5.53. The van der Waals surface area contributed by atoms with E-state index in [0.717, 1.165) is 51.4 Å². The molecule has 0 spiro atoms. The zero-order valence-corrected chi connectivity index (χ0v) is 39.7. The SMILES string of the molecule is CC/C=C/C=C/C=C/CCCCCCCCCC(=O)OCC(COCCC(C(=O)O)[N+](C)(C)C)OC(=O)CCCCCCCCC/C=C/CCCCCCCCCCCC. The number of carboxylic acid groups (broad SMARTS) is 1. The Balaban J connectivity index is 4.26. The molecule has 8 nitrogen and oxygen atoms in total. The van der Waals surface area contributed by atoms with E-state index < -0.39 is 18.1 Å². The summed E-state index contributed by atoms with van der Waals surface area (Å²) in [6, 6.07) is -0.618. The van der Waals surface area contributed by atoms with Gasteiger partial charge in [-0.3, -0.25) is 9.59 Å². The molecular formula is C52H94NO7+. The van der Waals surface area contributed by atoms with Crippen LogP contribution in [0.5, 0.6) is 0 Å². The molecule has 0 radical (unpaired) electrons. The summed E-state index contributed by atoms with van der Waals surface area (Å²) in [4.78, 5) is 37.1. The Labute approximate surface area is 369 Å². The van der Waals surface area contributed by atoms with E-state index in [2.05, 4.69) is 62.5 Å². The van der Waals surface area contributed by atoms with Crippen LogP contribution in [0.1, 0.15) is 213 Å². The lowest BCUT2D eigenvalue weighted by atomic mass is 10.1. The molecule has 0 aromatic carbocycles. The molecule has 0 heterocycles. The third kappa shape index (κ3) is 40.7. The Morgan fingerprint density at radius 2 is 0.950 bits per heavy atom. The summed E-state index contributed by atoms with van der Waals surface area (Å²) >= 11 is 0. The van der Waals surface area contributed by atoms with Gasteiger partial charge in [0, 0.05) is 19.3 Å². The van der Waals surface area contributed by atoms with E-state index in [1.54, 1.807) is 0 Å². The lowest BCUT2D eigenvalue weighted by Gasteiger charge is -2.31. The summed E-state index contributed by atoms with van der Waals surface area (Å²) in [6.45, 7) is 4.61. The standard InChI is InChI=1S/C52H93NO7/c1-6-8-10-12-14-16-18-20-22-23-24-25-26-27-29-31-33-35-37-39-41-43-51(55)60-48(46-58-45-44-49(52(56)57)53(3,4)5)47-59-50(54)42-40-38-36-34-32-30-28-21-19-17-15-13-11-9-7-2/h9,11,13,15,17,19,25-26,48-49H,6-8,10,12,14,16,18,20-24,27-47H2,1-5H3/p+1/b11-9+,15-13+,19-17+,26-25+. The molecule has 0 rings (SSSR count). The molecule has 0 aromatic rings. The summed E-state index contributed by atoms with van der Waals surface area (Å²) in [5.74, 6) is -1.48. The lowest BCUT2D eigenvalue weighted by Crippen LogP contribution is -2.50. The van der Waals surface area contributed by atoms with Crippen molar-refractivity contribution in [3.8, 4) is 0 Å². The first-order chi connectivity index (χ1) is 29.1. The van der Waals surface area contributed by atoms with Crippen molar-refractivity contribution in [2.75, 3.05) is 41.0 Å². The number of carboxylic acids is 1. The van der Waals surface area contributed by atoms with Crippen molar-refractivity contribution < 1.29 is 38.2 Å². The maximum Gasteiger partial charge on any atom is 0.362 e. The van der Waals surface area contributed by atoms with Crippen molar-refractivity contribution >= 4 is 17.9 Å². The number of unbranched alkanes of at least 4 members (excludes halogenated alkanes) is 24. The van der Waals surface area contributed by atoms with Gasteiger partial charge in [-0.15, -0.1) is 0 Å². The highest BCUT2D eigenvalue weighted by Crippen LogP contribution is 2.15. The Kier molecular flexibility index (Phi) is 41.0. The normalized spacial score (nSPS) is 13.3. The highest BCUT2D eigenvalue weighted by molar-refractivity contribution is 5.72. The second-order valence-electron chi connectivity index (χ2n) is 17.7. The maximum atomic E-state index is 12.8. The smallest absolute Gasteiger partial charge is 0.362 e. The van der Waals surface area contributed by atoms with Crippen LogP contribution in [0.4, 0.5) is 0 Å². The van der Waals surface area contributed by atoms with Gasteiger partial charge >= 0.3 is 17.9 Å². The van der Waals surface area contributed by atoms with Gasteiger partial charge in [0.2, 0.25) is 0 Å². The fraction of sp³-hybridized carbons (Fsp3) is 0.788. The van der Waals surface area contributed by atoms with E-state index >= 15 is 0 Å². The number of allylic oxidation sites excluding steroid dienone is 8. The van der Waals surface area contributed by atoms with Crippen LogP contribution in [-0.2, 0) is 28.6 Å². The summed E-state index contributed by atoms with van der Waals surface area (Å²) < 4.78 is 17.3. The van der Waals surface area contributed by atoms with Crippen molar-refractivity contribution in [3.63, 3.8) is 0 Å². The lowest BCUT2D eigenvalue weighted by molar-refractivity contribution is -0.887. The molecule has 0 aliphatic carbocycles. The molecule has 2 atom stereocenters. The van der Waals surface area contributed by atoms with Gasteiger partial charge in [-0.2, -0.15) is 0 Å². The number of quaternary nitrogens is 1. The number of nitrogens with zero attached hydrogens (tertiary/aromatic N) is 1. The summed E-state index contributed by atoms with van der Waals surface area (Å²) in [5.41, 5.74) is 0. The van der Waals surface area contributed by atoms with Crippen LogP contribution < -0.4 is 0 Å². The van der Waals surface area contributed by atoms with Gasteiger partial charge in [-0.25, -0.2) is 4.79 Å². The minimum atomic E-state index is -0.877. The van der Waals surface area contributed by atoms with Crippen LogP contribution in [0, 0.1) is 0 Å². The molecule has 0 aromatic heterocycles. The van der Waals surface area contributed by atoms with E-state index in [4.69, 9.17) is 14.2 Å². The molecule has 2 unspecified atom stereocenters. The van der Waals surface area contributed by atoms with E-state index in [1.165, 1.54) is 128 Å². The summed E-state index contributed by atoms with van der Waals surface area (Å²) in [5, 5.41) is 9.64. The third-order valence-electron chi connectivity index (χ3n) is 11.0. The number of likely N-dealkylation sites (N-methyl/N-ethyl adjacent to an activating group) is 1. The second kappa shape index (κ2) is 43.0. The average Bonchev–Trinajstić information content (AvgIpc) is 3.21. The Bertz CT molecular complexity index is 1120. The number of hydrogen-bond donors (Lipinski definition) is 1. The van der Waals surface area contributed by atoms with E-state index in [0.29, 0.717) is 19.3 Å². The predicted octanol–water partition coefficient (Wildman–Crippen LogP) is 14.0. The van der Waals surface area contributed by atoms with E-state index in [-0.39, 0.29) is 36.2 Å². The van der Waals surface area contributed by atoms with Crippen molar-refractivity contribution in [3.05, 3.63) is 48.6 Å². The maximum absolute atomic E-state index is 12.8. The molecule has 0 aliphatic rings. The zero-order chi connectivity index (χ0) is 44.2. The van der Waals surface area contributed by atoms with E-state index in [9.17, 15) is 19.5 Å². The minimum Gasteiger partial charge on any atom is -0.477 e. The molecular weight excluding hydrogens is 751 g/mol. The van der Waals surface area contributed by atoms with Crippen LogP contribution in [0.3, 0.4) is 0 Å². The Hall–Kier alpha value is -2.71.